The lowest BCUT2D eigenvalue weighted by molar-refractivity contribution is -0.139. The van der Waals surface area contributed by atoms with Gasteiger partial charge < -0.3 is 10.4 Å². The highest BCUT2D eigenvalue weighted by Crippen LogP contribution is 2.22. The van der Waals surface area contributed by atoms with Gasteiger partial charge in [0.2, 0.25) is 5.91 Å². The molecule has 22 heavy (non-hydrogen) atoms. The minimum absolute atomic E-state index is 0.0304. The van der Waals surface area contributed by atoms with E-state index in [-0.39, 0.29) is 29.0 Å². The standard InChI is InChI=1S/C13H20N2O5S2/c1-8(2)6-11(13(17)18)15-22(19,20)12-5-4-10(21-12)7-14-9(3)16/h4-5,8,11,15H,6-7H2,1-3H3,(H,14,16)(H,17,18)/t11-/m1/s1. The molecule has 0 aliphatic rings. The van der Waals surface area contributed by atoms with Crippen molar-refractivity contribution < 1.29 is 23.1 Å². The van der Waals surface area contributed by atoms with Crippen LogP contribution in [-0.4, -0.2) is 31.4 Å². The van der Waals surface area contributed by atoms with E-state index >= 15 is 0 Å². The zero-order valence-corrected chi connectivity index (χ0v) is 14.3. The van der Waals surface area contributed by atoms with E-state index in [0.717, 1.165) is 11.3 Å². The summed E-state index contributed by atoms with van der Waals surface area (Å²) >= 11 is 0.996. The predicted molar refractivity (Wildman–Crippen MR) is 83.0 cm³/mol. The van der Waals surface area contributed by atoms with Crippen LogP contribution in [0.1, 0.15) is 32.1 Å². The lowest BCUT2D eigenvalue weighted by atomic mass is 10.1. The summed E-state index contributed by atoms with van der Waals surface area (Å²) in [6.07, 6.45) is 0.207. The maximum absolute atomic E-state index is 12.2. The largest absolute Gasteiger partial charge is 0.480 e. The second-order valence-corrected chi connectivity index (χ2v) is 8.38. The van der Waals surface area contributed by atoms with Gasteiger partial charge in [0.25, 0.3) is 10.0 Å². The lowest BCUT2D eigenvalue weighted by Crippen LogP contribution is -2.41. The van der Waals surface area contributed by atoms with Crippen molar-refractivity contribution in [2.75, 3.05) is 0 Å². The highest BCUT2D eigenvalue weighted by atomic mass is 32.2. The van der Waals surface area contributed by atoms with Gasteiger partial charge in [-0.15, -0.1) is 11.3 Å². The summed E-state index contributed by atoms with van der Waals surface area (Å²) in [6.45, 7) is 5.25. The number of sulfonamides is 1. The summed E-state index contributed by atoms with van der Waals surface area (Å²) in [7, 11) is -3.89. The number of amides is 1. The molecule has 0 aliphatic heterocycles. The average Bonchev–Trinajstić information content (AvgIpc) is 2.84. The maximum atomic E-state index is 12.2. The number of rotatable bonds is 8. The first-order valence-corrected chi connectivity index (χ1v) is 9.00. The number of aliphatic carboxylic acids is 1. The molecular formula is C13H20N2O5S2. The molecular weight excluding hydrogens is 328 g/mol. The quantitative estimate of drug-likeness (QED) is 0.652. The molecule has 7 nitrogen and oxygen atoms in total. The van der Waals surface area contributed by atoms with Crippen LogP contribution in [-0.2, 0) is 26.2 Å². The van der Waals surface area contributed by atoms with Gasteiger partial charge in [-0.25, -0.2) is 8.42 Å². The van der Waals surface area contributed by atoms with E-state index in [1.807, 2.05) is 13.8 Å². The Morgan fingerprint density at radius 2 is 1.95 bits per heavy atom. The van der Waals surface area contributed by atoms with E-state index in [1.54, 1.807) is 6.07 Å². The van der Waals surface area contributed by atoms with Gasteiger partial charge in [0.15, 0.2) is 0 Å². The summed E-state index contributed by atoms with van der Waals surface area (Å²) in [4.78, 5) is 22.7. The number of carbonyl (C=O) groups is 2. The summed E-state index contributed by atoms with van der Waals surface area (Å²) in [5.41, 5.74) is 0. The zero-order valence-electron chi connectivity index (χ0n) is 12.6. The molecule has 1 rings (SSSR count). The van der Waals surface area contributed by atoms with E-state index in [0.29, 0.717) is 4.88 Å². The normalized spacial score (nSPS) is 13.1. The first-order valence-electron chi connectivity index (χ1n) is 6.70. The molecule has 0 saturated heterocycles. The smallest absolute Gasteiger partial charge is 0.321 e. The third-order valence-corrected chi connectivity index (χ3v) is 5.76. The summed E-state index contributed by atoms with van der Waals surface area (Å²) in [6, 6.07) is 1.83. The number of carboxylic acid groups (broad SMARTS) is 1. The number of hydrogen-bond donors (Lipinski definition) is 3. The summed E-state index contributed by atoms with van der Waals surface area (Å²) in [5, 5.41) is 11.7. The van der Waals surface area contributed by atoms with Crippen LogP contribution in [0.4, 0.5) is 0 Å². The van der Waals surface area contributed by atoms with Crippen molar-refractivity contribution >= 4 is 33.2 Å². The lowest BCUT2D eigenvalue weighted by Gasteiger charge is -2.15. The molecule has 0 aromatic carbocycles. The molecule has 9 heteroatoms. The summed E-state index contributed by atoms with van der Waals surface area (Å²) < 4.78 is 26.7. The number of nitrogens with one attached hydrogen (secondary N) is 2. The Labute approximate surface area is 133 Å². The second kappa shape index (κ2) is 7.70. The van der Waals surface area contributed by atoms with Gasteiger partial charge >= 0.3 is 5.97 Å². The molecule has 0 fully saturated rings. The molecule has 0 bridgehead atoms. The van der Waals surface area contributed by atoms with Crippen molar-refractivity contribution in [2.24, 2.45) is 5.92 Å². The predicted octanol–water partition coefficient (Wildman–Crippen LogP) is 1.16. The van der Waals surface area contributed by atoms with Gasteiger partial charge in [-0.2, -0.15) is 4.72 Å². The van der Waals surface area contributed by atoms with Gasteiger partial charge in [-0.3, -0.25) is 9.59 Å². The number of carbonyl (C=O) groups excluding carboxylic acids is 1. The molecule has 124 valence electrons. The molecule has 1 aromatic heterocycles. The molecule has 0 saturated carbocycles. The molecule has 1 atom stereocenters. The fourth-order valence-electron chi connectivity index (χ4n) is 1.73. The van der Waals surface area contributed by atoms with E-state index in [9.17, 15) is 18.0 Å². The SMILES string of the molecule is CC(=O)NCc1ccc(S(=O)(=O)N[C@H](CC(C)C)C(=O)O)s1. The van der Waals surface area contributed by atoms with Crippen LogP contribution in [0.5, 0.6) is 0 Å². The van der Waals surface area contributed by atoms with Crippen LogP contribution < -0.4 is 10.0 Å². The third-order valence-electron chi connectivity index (χ3n) is 2.72. The number of hydrogen-bond acceptors (Lipinski definition) is 5. The van der Waals surface area contributed by atoms with Crippen molar-refractivity contribution in [1.82, 2.24) is 10.0 Å². The third kappa shape index (κ3) is 5.74. The molecule has 1 heterocycles. The fourth-order valence-corrected chi connectivity index (χ4v) is 4.24. The van der Waals surface area contributed by atoms with E-state index in [1.165, 1.54) is 13.0 Å². The van der Waals surface area contributed by atoms with Crippen molar-refractivity contribution in [3.8, 4) is 0 Å². The zero-order chi connectivity index (χ0) is 16.9. The molecule has 1 aromatic rings. The van der Waals surface area contributed by atoms with Crippen LogP contribution >= 0.6 is 11.3 Å². The maximum Gasteiger partial charge on any atom is 0.321 e. The van der Waals surface area contributed by atoms with Gasteiger partial charge in [-0.1, -0.05) is 13.8 Å². The Kier molecular flexibility index (Phi) is 6.51. The van der Waals surface area contributed by atoms with Crippen molar-refractivity contribution in [3.63, 3.8) is 0 Å². The van der Waals surface area contributed by atoms with E-state index in [2.05, 4.69) is 10.0 Å². The van der Waals surface area contributed by atoms with E-state index in [4.69, 9.17) is 5.11 Å². The van der Waals surface area contributed by atoms with Crippen LogP contribution in [0, 0.1) is 5.92 Å². The molecule has 0 unspecified atom stereocenters. The van der Waals surface area contributed by atoms with Crippen molar-refractivity contribution in [3.05, 3.63) is 17.0 Å². The molecule has 0 aliphatic carbocycles. The Morgan fingerprint density at radius 1 is 1.32 bits per heavy atom. The van der Waals surface area contributed by atoms with Crippen LogP contribution in [0.2, 0.25) is 0 Å². The van der Waals surface area contributed by atoms with Gasteiger partial charge in [0.1, 0.15) is 10.3 Å². The Bertz CT molecular complexity index is 637. The molecule has 0 radical (unpaired) electrons. The van der Waals surface area contributed by atoms with Crippen molar-refractivity contribution in [1.29, 1.82) is 0 Å². The number of carboxylic acids is 1. The number of thiophene rings is 1. The Hall–Kier alpha value is -1.45. The first-order chi connectivity index (χ1) is 10.1. The monoisotopic (exact) mass is 348 g/mol. The van der Waals surface area contributed by atoms with Crippen LogP contribution in [0.25, 0.3) is 0 Å². The average molecular weight is 348 g/mol. The molecule has 1 amide bonds. The Balaban J connectivity index is 2.84. The van der Waals surface area contributed by atoms with Gasteiger partial charge in [0.05, 0.1) is 6.54 Å². The van der Waals surface area contributed by atoms with Crippen LogP contribution in [0.3, 0.4) is 0 Å². The fraction of sp³-hybridized carbons (Fsp3) is 0.538. The minimum Gasteiger partial charge on any atom is -0.480 e. The minimum atomic E-state index is -3.89. The topological polar surface area (TPSA) is 113 Å². The van der Waals surface area contributed by atoms with E-state index < -0.39 is 22.0 Å². The first kappa shape index (κ1) is 18.6. The Morgan fingerprint density at radius 3 is 2.45 bits per heavy atom. The second-order valence-electron chi connectivity index (χ2n) is 5.27. The van der Waals surface area contributed by atoms with Crippen LogP contribution in [0.15, 0.2) is 16.3 Å². The molecule has 3 N–H and O–H groups in total. The van der Waals surface area contributed by atoms with Crippen molar-refractivity contribution in [2.45, 2.75) is 44.0 Å². The molecule has 0 spiro atoms. The highest BCUT2D eigenvalue weighted by molar-refractivity contribution is 7.91. The summed E-state index contributed by atoms with van der Waals surface area (Å²) in [5.74, 6) is -1.37. The highest BCUT2D eigenvalue weighted by Gasteiger charge is 2.27. The van der Waals surface area contributed by atoms with Gasteiger partial charge in [0, 0.05) is 11.8 Å². The van der Waals surface area contributed by atoms with Gasteiger partial charge in [-0.05, 0) is 24.5 Å².